The van der Waals surface area contributed by atoms with Crippen molar-refractivity contribution in [2.24, 2.45) is 0 Å². The van der Waals surface area contributed by atoms with E-state index >= 15 is 0 Å². The molecule has 0 spiro atoms. The number of aromatic carboxylic acids is 1. The summed E-state index contributed by atoms with van der Waals surface area (Å²) in [5, 5.41) is 11.2. The standard InChI is InChI=1S/C12H13BrFNO5S/c1-2-3-15-10(16)6-21(19,20)9-5-7(13)4-8(11(9)14)12(17)18/h4-5H,2-3,6H2,1H3,(H,15,16)(H,17,18). The van der Waals surface area contributed by atoms with Gasteiger partial charge in [-0.25, -0.2) is 17.6 Å². The zero-order valence-electron chi connectivity index (χ0n) is 11.0. The van der Waals surface area contributed by atoms with Gasteiger partial charge >= 0.3 is 5.97 Å². The first-order chi connectivity index (χ1) is 9.69. The number of nitrogens with one attached hydrogen (secondary N) is 1. The molecule has 21 heavy (non-hydrogen) atoms. The Morgan fingerprint density at radius 1 is 1.38 bits per heavy atom. The second kappa shape index (κ2) is 6.99. The smallest absolute Gasteiger partial charge is 0.338 e. The fourth-order valence-corrected chi connectivity index (χ4v) is 3.41. The van der Waals surface area contributed by atoms with Crippen molar-refractivity contribution < 1.29 is 27.5 Å². The van der Waals surface area contributed by atoms with Crippen LogP contribution in [-0.4, -0.2) is 37.7 Å². The molecule has 6 nitrogen and oxygen atoms in total. The number of carboxylic acids is 1. The highest BCUT2D eigenvalue weighted by atomic mass is 79.9. The van der Waals surface area contributed by atoms with Gasteiger partial charge in [0.15, 0.2) is 15.7 Å². The highest BCUT2D eigenvalue weighted by molar-refractivity contribution is 9.10. The van der Waals surface area contributed by atoms with E-state index in [0.717, 1.165) is 12.1 Å². The Morgan fingerprint density at radius 2 is 2.00 bits per heavy atom. The van der Waals surface area contributed by atoms with Crippen molar-refractivity contribution in [1.82, 2.24) is 5.32 Å². The van der Waals surface area contributed by atoms with Crippen molar-refractivity contribution in [3.8, 4) is 0 Å². The van der Waals surface area contributed by atoms with Crippen LogP contribution in [0.5, 0.6) is 0 Å². The number of carboxylic acid groups (broad SMARTS) is 1. The fourth-order valence-electron chi connectivity index (χ4n) is 1.51. The van der Waals surface area contributed by atoms with Crippen molar-refractivity contribution in [1.29, 1.82) is 0 Å². The normalized spacial score (nSPS) is 11.2. The Kier molecular flexibility index (Phi) is 5.85. The summed E-state index contributed by atoms with van der Waals surface area (Å²) in [4.78, 5) is 21.5. The lowest BCUT2D eigenvalue weighted by atomic mass is 10.2. The topological polar surface area (TPSA) is 101 Å². The molecular formula is C12H13BrFNO5S. The number of amides is 1. The molecule has 0 radical (unpaired) electrons. The Morgan fingerprint density at radius 3 is 2.52 bits per heavy atom. The van der Waals surface area contributed by atoms with Crippen LogP contribution in [0.15, 0.2) is 21.5 Å². The van der Waals surface area contributed by atoms with Crippen molar-refractivity contribution in [2.75, 3.05) is 12.3 Å². The summed E-state index contributed by atoms with van der Waals surface area (Å²) in [6.07, 6.45) is 0.625. The Hall–Kier alpha value is -1.48. The maximum Gasteiger partial charge on any atom is 0.338 e. The lowest BCUT2D eigenvalue weighted by Crippen LogP contribution is -2.31. The molecule has 0 saturated heterocycles. The number of hydrogen-bond acceptors (Lipinski definition) is 4. The van der Waals surface area contributed by atoms with E-state index in [-0.39, 0.29) is 4.47 Å². The fraction of sp³-hybridized carbons (Fsp3) is 0.333. The molecule has 0 atom stereocenters. The van der Waals surface area contributed by atoms with E-state index in [1.165, 1.54) is 0 Å². The van der Waals surface area contributed by atoms with Crippen LogP contribution in [0.2, 0.25) is 0 Å². The third-order valence-electron chi connectivity index (χ3n) is 2.46. The van der Waals surface area contributed by atoms with Gasteiger partial charge < -0.3 is 10.4 Å². The average molecular weight is 382 g/mol. The molecule has 0 aromatic heterocycles. The molecule has 1 amide bonds. The Bertz CT molecular complexity index is 674. The van der Waals surface area contributed by atoms with Crippen LogP contribution in [0, 0.1) is 5.82 Å². The number of benzene rings is 1. The van der Waals surface area contributed by atoms with Crippen LogP contribution < -0.4 is 5.32 Å². The lowest BCUT2D eigenvalue weighted by molar-refractivity contribution is -0.118. The SMILES string of the molecule is CCCNC(=O)CS(=O)(=O)c1cc(Br)cc(C(=O)O)c1F. The summed E-state index contributed by atoms with van der Waals surface area (Å²) in [5.41, 5.74) is -0.781. The van der Waals surface area contributed by atoms with Crippen LogP contribution in [-0.2, 0) is 14.6 Å². The monoisotopic (exact) mass is 381 g/mol. The molecule has 1 rings (SSSR count). The number of carbonyl (C=O) groups excluding carboxylic acids is 1. The quantitative estimate of drug-likeness (QED) is 0.778. The summed E-state index contributed by atoms with van der Waals surface area (Å²) in [6.45, 7) is 2.09. The minimum absolute atomic E-state index is 0.0915. The van der Waals surface area contributed by atoms with Gasteiger partial charge in [0.25, 0.3) is 0 Å². The van der Waals surface area contributed by atoms with Gasteiger partial charge in [0.05, 0.1) is 5.56 Å². The largest absolute Gasteiger partial charge is 0.478 e. The summed E-state index contributed by atoms with van der Waals surface area (Å²) in [6, 6.07) is 1.89. The first-order valence-electron chi connectivity index (χ1n) is 5.90. The van der Waals surface area contributed by atoms with Crippen LogP contribution in [0.3, 0.4) is 0 Å². The van der Waals surface area contributed by atoms with E-state index in [4.69, 9.17) is 5.11 Å². The predicted molar refractivity (Wildman–Crippen MR) is 76.4 cm³/mol. The van der Waals surface area contributed by atoms with Crippen molar-refractivity contribution in [3.63, 3.8) is 0 Å². The third kappa shape index (κ3) is 4.50. The zero-order chi connectivity index (χ0) is 16.2. The van der Waals surface area contributed by atoms with Gasteiger partial charge in [-0.2, -0.15) is 0 Å². The molecule has 0 heterocycles. The highest BCUT2D eigenvalue weighted by Crippen LogP contribution is 2.25. The van der Waals surface area contributed by atoms with Gasteiger partial charge in [0.2, 0.25) is 5.91 Å². The van der Waals surface area contributed by atoms with Gasteiger partial charge in [-0.1, -0.05) is 22.9 Å². The summed E-state index contributed by atoms with van der Waals surface area (Å²) >= 11 is 2.92. The van der Waals surface area contributed by atoms with Crippen LogP contribution >= 0.6 is 15.9 Å². The first-order valence-corrected chi connectivity index (χ1v) is 8.35. The Labute approximate surface area is 129 Å². The van der Waals surface area contributed by atoms with Gasteiger partial charge in [0.1, 0.15) is 10.6 Å². The predicted octanol–water partition coefficient (Wildman–Crippen LogP) is 1.59. The molecule has 1 aromatic rings. The molecule has 0 fully saturated rings. The van der Waals surface area contributed by atoms with Gasteiger partial charge in [-0.05, 0) is 18.6 Å². The number of halogens is 2. The van der Waals surface area contributed by atoms with Crippen LogP contribution in [0.4, 0.5) is 4.39 Å². The molecule has 0 aliphatic rings. The van der Waals surface area contributed by atoms with Crippen LogP contribution in [0.25, 0.3) is 0 Å². The molecule has 9 heteroatoms. The van der Waals surface area contributed by atoms with Crippen molar-refractivity contribution in [3.05, 3.63) is 28.0 Å². The van der Waals surface area contributed by atoms with E-state index < -0.39 is 43.7 Å². The maximum atomic E-state index is 14.0. The van der Waals surface area contributed by atoms with E-state index in [2.05, 4.69) is 21.2 Å². The Balaban J connectivity index is 3.20. The third-order valence-corrected chi connectivity index (χ3v) is 4.53. The maximum absolute atomic E-state index is 14.0. The van der Waals surface area contributed by atoms with Gasteiger partial charge in [0, 0.05) is 11.0 Å². The van der Waals surface area contributed by atoms with Crippen molar-refractivity contribution in [2.45, 2.75) is 18.2 Å². The molecule has 0 saturated carbocycles. The minimum atomic E-state index is -4.28. The van der Waals surface area contributed by atoms with E-state index in [1.807, 2.05) is 0 Å². The van der Waals surface area contributed by atoms with Crippen LogP contribution in [0.1, 0.15) is 23.7 Å². The zero-order valence-corrected chi connectivity index (χ0v) is 13.4. The number of sulfone groups is 1. The molecular weight excluding hydrogens is 369 g/mol. The summed E-state index contributed by atoms with van der Waals surface area (Å²) < 4.78 is 38.2. The molecule has 1 aromatic carbocycles. The first kappa shape index (κ1) is 17.6. The molecule has 0 aliphatic carbocycles. The molecule has 2 N–H and O–H groups in total. The molecule has 0 unspecified atom stereocenters. The minimum Gasteiger partial charge on any atom is -0.478 e. The number of hydrogen-bond donors (Lipinski definition) is 2. The summed E-state index contributed by atoms with van der Waals surface area (Å²) in [5.74, 6) is -4.69. The molecule has 0 aliphatic heterocycles. The second-order valence-electron chi connectivity index (χ2n) is 4.18. The lowest BCUT2D eigenvalue weighted by Gasteiger charge is -2.09. The van der Waals surface area contributed by atoms with Crippen molar-refractivity contribution >= 4 is 37.6 Å². The number of rotatable bonds is 6. The summed E-state index contributed by atoms with van der Waals surface area (Å²) in [7, 11) is -4.28. The van der Waals surface area contributed by atoms with E-state index in [9.17, 15) is 22.4 Å². The van der Waals surface area contributed by atoms with E-state index in [0.29, 0.717) is 13.0 Å². The average Bonchev–Trinajstić information content (AvgIpc) is 2.37. The van der Waals surface area contributed by atoms with Gasteiger partial charge in [-0.3, -0.25) is 4.79 Å². The second-order valence-corrected chi connectivity index (χ2v) is 7.05. The molecule has 0 bridgehead atoms. The molecule has 116 valence electrons. The number of carbonyl (C=O) groups is 2. The highest BCUT2D eigenvalue weighted by Gasteiger charge is 2.27. The van der Waals surface area contributed by atoms with Gasteiger partial charge in [-0.15, -0.1) is 0 Å². The van der Waals surface area contributed by atoms with E-state index in [1.54, 1.807) is 6.92 Å².